The zero-order chi connectivity index (χ0) is 12.3. The maximum atomic E-state index is 12.4. The predicted octanol–water partition coefficient (Wildman–Crippen LogP) is 2.04. The topological polar surface area (TPSA) is 38.1 Å². The molecule has 0 spiro atoms. The van der Waals surface area contributed by atoms with Crippen LogP contribution in [0.3, 0.4) is 0 Å². The van der Waals surface area contributed by atoms with Crippen molar-refractivity contribution in [1.82, 2.24) is 14.7 Å². The summed E-state index contributed by atoms with van der Waals surface area (Å²) >= 11 is 5.72. The number of nitrogens with zero attached hydrogens (tertiary/aromatic N) is 3. The third-order valence-corrected chi connectivity index (χ3v) is 3.62. The standard InChI is InChI=1S/C12H18ClN3O/c1-15-11(6-8-14-15)12(17)16(9-3-7-13)10-4-2-5-10/h6,8,10H,2-5,7,9H2,1H3. The molecule has 0 N–H and O–H groups in total. The van der Waals surface area contributed by atoms with Crippen molar-refractivity contribution in [2.75, 3.05) is 12.4 Å². The second-order valence-corrected chi connectivity index (χ2v) is 4.84. The zero-order valence-corrected chi connectivity index (χ0v) is 10.9. The van der Waals surface area contributed by atoms with Crippen molar-refractivity contribution in [1.29, 1.82) is 0 Å². The van der Waals surface area contributed by atoms with Gasteiger partial charge in [-0.25, -0.2) is 0 Å². The molecule has 0 atom stereocenters. The highest BCUT2D eigenvalue weighted by Crippen LogP contribution is 2.26. The van der Waals surface area contributed by atoms with E-state index in [4.69, 9.17) is 11.6 Å². The number of amides is 1. The molecule has 1 amide bonds. The van der Waals surface area contributed by atoms with E-state index >= 15 is 0 Å². The SMILES string of the molecule is Cn1nccc1C(=O)N(CCCCl)C1CCC1. The average Bonchev–Trinajstić information content (AvgIpc) is 2.67. The molecule has 17 heavy (non-hydrogen) atoms. The number of rotatable bonds is 5. The number of halogens is 1. The summed E-state index contributed by atoms with van der Waals surface area (Å²) in [7, 11) is 1.80. The van der Waals surface area contributed by atoms with Gasteiger partial charge in [-0.3, -0.25) is 9.48 Å². The molecular weight excluding hydrogens is 238 g/mol. The molecule has 1 heterocycles. The van der Waals surface area contributed by atoms with Gasteiger partial charge in [0.15, 0.2) is 0 Å². The van der Waals surface area contributed by atoms with Gasteiger partial charge in [0.25, 0.3) is 5.91 Å². The molecule has 94 valence electrons. The normalized spacial score (nSPS) is 15.6. The Morgan fingerprint density at radius 1 is 1.65 bits per heavy atom. The van der Waals surface area contributed by atoms with Crippen LogP contribution < -0.4 is 0 Å². The van der Waals surface area contributed by atoms with Crippen molar-refractivity contribution in [2.45, 2.75) is 31.7 Å². The average molecular weight is 256 g/mol. The first kappa shape index (κ1) is 12.4. The molecule has 1 aromatic rings. The molecule has 1 fully saturated rings. The zero-order valence-electron chi connectivity index (χ0n) is 10.1. The number of hydrogen-bond donors (Lipinski definition) is 0. The Morgan fingerprint density at radius 3 is 2.88 bits per heavy atom. The summed E-state index contributed by atoms with van der Waals surface area (Å²) in [5.74, 6) is 0.682. The summed E-state index contributed by atoms with van der Waals surface area (Å²) in [5.41, 5.74) is 0.659. The monoisotopic (exact) mass is 255 g/mol. The second kappa shape index (κ2) is 5.54. The molecule has 2 rings (SSSR count). The van der Waals surface area contributed by atoms with Gasteiger partial charge in [0, 0.05) is 31.7 Å². The number of carbonyl (C=O) groups excluding carboxylic acids is 1. The fraction of sp³-hybridized carbons (Fsp3) is 0.667. The molecule has 0 aliphatic heterocycles. The maximum Gasteiger partial charge on any atom is 0.272 e. The molecular formula is C12H18ClN3O. The number of alkyl halides is 1. The number of carbonyl (C=O) groups is 1. The van der Waals surface area contributed by atoms with Crippen molar-refractivity contribution in [3.63, 3.8) is 0 Å². The lowest BCUT2D eigenvalue weighted by Crippen LogP contribution is -2.45. The molecule has 0 aromatic carbocycles. The van der Waals surface area contributed by atoms with E-state index in [1.807, 2.05) is 4.90 Å². The van der Waals surface area contributed by atoms with Crippen LogP contribution in [0.1, 0.15) is 36.2 Å². The van der Waals surface area contributed by atoms with Crippen LogP contribution in [0.25, 0.3) is 0 Å². The maximum absolute atomic E-state index is 12.4. The van der Waals surface area contributed by atoms with E-state index < -0.39 is 0 Å². The smallest absolute Gasteiger partial charge is 0.272 e. The van der Waals surface area contributed by atoms with Gasteiger partial charge in [-0.15, -0.1) is 11.6 Å². The van der Waals surface area contributed by atoms with Crippen molar-refractivity contribution in [2.24, 2.45) is 7.05 Å². The second-order valence-electron chi connectivity index (χ2n) is 4.47. The van der Waals surface area contributed by atoms with Gasteiger partial charge in [0.2, 0.25) is 0 Å². The van der Waals surface area contributed by atoms with Gasteiger partial charge in [-0.05, 0) is 31.7 Å². The summed E-state index contributed by atoms with van der Waals surface area (Å²) in [4.78, 5) is 14.4. The molecule has 0 bridgehead atoms. The molecule has 1 aromatic heterocycles. The lowest BCUT2D eigenvalue weighted by atomic mass is 9.91. The van der Waals surface area contributed by atoms with Gasteiger partial charge in [-0.2, -0.15) is 5.10 Å². The lowest BCUT2D eigenvalue weighted by molar-refractivity contribution is 0.0569. The van der Waals surface area contributed by atoms with Crippen LogP contribution >= 0.6 is 11.6 Å². The fourth-order valence-electron chi connectivity index (χ4n) is 2.11. The highest BCUT2D eigenvalue weighted by molar-refractivity contribution is 6.17. The molecule has 0 radical (unpaired) electrons. The highest BCUT2D eigenvalue weighted by Gasteiger charge is 2.29. The minimum atomic E-state index is 0.0832. The number of aromatic nitrogens is 2. The van der Waals surface area contributed by atoms with Crippen LogP contribution in [-0.2, 0) is 7.05 Å². The first-order chi connectivity index (χ1) is 8.24. The molecule has 0 saturated heterocycles. The van der Waals surface area contributed by atoms with Crippen molar-refractivity contribution in [3.05, 3.63) is 18.0 Å². The summed E-state index contributed by atoms with van der Waals surface area (Å²) in [5, 5.41) is 4.05. The molecule has 1 saturated carbocycles. The van der Waals surface area contributed by atoms with Gasteiger partial charge in [0.1, 0.15) is 5.69 Å². The minimum Gasteiger partial charge on any atom is -0.334 e. The third kappa shape index (κ3) is 2.63. The van der Waals surface area contributed by atoms with Crippen LogP contribution in [0.4, 0.5) is 0 Å². The minimum absolute atomic E-state index is 0.0832. The molecule has 1 aliphatic carbocycles. The Labute approximate surface area is 107 Å². The van der Waals surface area contributed by atoms with E-state index in [1.165, 1.54) is 6.42 Å². The molecule has 0 unspecified atom stereocenters. The fourth-order valence-corrected chi connectivity index (χ4v) is 2.23. The van der Waals surface area contributed by atoms with Crippen LogP contribution in [0, 0.1) is 0 Å². The molecule has 5 heteroatoms. The van der Waals surface area contributed by atoms with Gasteiger partial charge < -0.3 is 4.90 Å². The van der Waals surface area contributed by atoms with Crippen molar-refractivity contribution in [3.8, 4) is 0 Å². The van der Waals surface area contributed by atoms with Crippen molar-refractivity contribution >= 4 is 17.5 Å². The number of hydrogen-bond acceptors (Lipinski definition) is 2. The summed E-state index contributed by atoms with van der Waals surface area (Å²) in [6.07, 6.45) is 5.97. The molecule has 4 nitrogen and oxygen atoms in total. The van der Waals surface area contributed by atoms with Crippen LogP contribution in [0.2, 0.25) is 0 Å². The Kier molecular flexibility index (Phi) is 4.05. The summed E-state index contributed by atoms with van der Waals surface area (Å²) < 4.78 is 1.63. The van der Waals surface area contributed by atoms with Gasteiger partial charge in [0.05, 0.1) is 0 Å². The first-order valence-electron chi connectivity index (χ1n) is 6.09. The highest BCUT2D eigenvalue weighted by atomic mass is 35.5. The lowest BCUT2D eigenvalue weighted by Gasteiger charge is -2.37. The van der Waals surface area contributed by atoms with E-state index in [1.54, 1.807) is 24.0 Å². The quantitative estimate of drug-likeness (QED) is 0.756. The Balaban J connectivity index is 2.09. The van der Waals surface area contributed by atoms with Crippen molar-refractivity contribution < 1.29 is 4.79 Å². The summed E-state index contributed by atoms with van der Waals surface area (Å²) in [6.45, 7) is 0.748. The first-order valence-corrected chi connectivity index (χ1v) is 6.62. The van der Waals surface area contributed by atoms with E-state index in [2.05, 4.69) is 5.10 Å². The third-order valence-electron chi connectivity index (χ3n) is 3.35. The van der Waals surface area contributed by atoms with E-state index in [0.717, 1.165) is 25.8 Å². The largest absolute Gasteiger partial charge is 0.334 e. The van der Waals surface area contributed by atoms with E-state index in [-0.39, 0.29) is 5.91 Å². The Bertz CT molecular complexity index is 387. The predicted molar refractivity (Wildman–Crippen MR) is 67.2 cm³/mol. The van der Waals surface area contributed by atoms with E-state index in [0.29, 0.717) is 17.6 Å². The van der Waals surface area contributed by atoms with Crippen LogP contribution in [-0.4, -0.2) is 39.1 Å². The molecule has 1 aliphatic rings. The Morgan fingerprint density at radius 2 is 2.41 bits per heavy atom. The van der Waals surface area contributed by atoms with E-state index in [9.17, 15) is 4.79 Å². The summed E-state index contributed by atoms with van der Waals surface area (Å²) in [6, 6.07) is 2.18. The van der Waals surface area contributed by atoms with Gasteiger partial charge >= 0.3 is 0 Å². The Hall–Kier alpha value is -1.03. The van der Waals surface area contributed by atoms with Gasteiger partial charge in [-0.1, -0.05) is 0 Å². The van der Waals surface area contributed by atoms with Crippen LogP contribution in [0.15, 0.2) is 12.3 Å². The number of aryl methyl sites for hydroxylation is 1. The van der Waals surface area contributed by atoms with Crippen LogP contribution in [0.5, 0.6) is 0 Å².